The first-order valence-electron chi connectivity index (χ1n) is 7.34. The minimum atomic E-state index is -4.73. The van der Waals surface area contributed by atoms with Gasteiger partial charge < -0.3 is 14.3 Å². The van der Waals surface area contributed by atoms with Crippen LogP contribution in [-0.4, -0.2) is 29.6 Å². The number of aromatic nitrogens is 1. The smallest absolute Gasteiger partial charge is 0.404 e. The molecule has 0 atom stereocenters. The van der Waals surface area contributed by atoms with Crippen LogP contribution in [0.2, 0.25) is 0 Å². The molecule has 2 rings (SSSR count). The van der Waals surface area contributed by atoms with Crippen molar-refractivity contribution in [2.24, 2.45) is 5.16 Å². The molecule has 25 heavy (non-hydrogen) atoms. The van der Waals surface area contributed by atoms with E-state index in [0.717, 1.165) is 12.3 Å². The third-order valence-electron chi connectivity index (χ3n) is 3.26. The third-order valence-corrected chi connectivity index (χ3v) is 6.04. The molecule has 0 aliphatic carbocycles. The van der Waals surface area contributed by atoms with Gasteiger partial charge in [0.15, 0.2) is 0 Å². The van der Waals surface area contributed by atoms with Crippen molar-refractivity contribution in [1.82, 2.24) is 4.98 Å². The minimum Gasteiger partial charge on any atom is -0.411 e. The molecule has 0 spiro atoms. The van der Waals surface area contributed by atoms with Crippen molar-refractivity contribution in [3.63, 3.8) is 0 Å². The van der Waals surface area contributed by atoms with Gasteiger partial charge >= 0.3 is 13.3 Å². The molecule has 6 nitrogen and oxygen atoms in total. The van der Waals surface area contributed by atoms with Crippen molar-refractivity contribution < 1.29 is 27.6 Å². The Morgan fingerprint density at radius 3 is 2.52 bits per heavy atom. The molecule has 0 saturated carbocycles. The summed E-state index contributed by atoms with van der Waals surface area (Å²) in [4.78, 5) is 4.12. The van der Waals surface area contributed by atoms with Gasteiger partial charge in [0.25, 0.3) is 0 Å². The van der Waals surface area contributed by atoms with Crippen molar-refractivity contribution in [2.45, 2.75) is 19.5 Å². The van der Waals surface area contributed by atoms with Crippen LogP contribution in [0.5, 0.6) is 0 Å². The zero-order valence-corrected chi connectivity index (χ0v) is 15.9. The van der Waals surface area contributed by atoms with Gasteiger partial charge in [0.05, 0.1) is 30.6 Å². The first kappa shape index (κ1) is 19.9. The normalized spacial score (nSPS) is 13.0. The van der Waals surface area contributed by atoms with Crippen LogP contribution in [0.4, 0.5) is 8.78 Å². The van der Waals surface area contributed by atoms with E-state index in [9.17, 15) is 13.3 Å². The predicted molar refractivity (Wildman–Crippen MR) is 93.6 cm³/mol. The van der Waals surface area contributed by atoms with Crippen LogP contribution in [-0.2, 0) is 19.3 Å². The van der Waals surface area contributed by atoms with Crippen LogP contribution in [0.15, 0.2) is 33.9 Å². The fourth-order valence-electron chi connectivity index (χ4n) is 2.21. The molecule has 2 aromatic rings. The van der Waals surface area contributed by atoms with E-state index in [0.29, 0.717) is 5.39 Å². The fourth-order valence-corrected chi connectivity index (χ4v) is 4.53. The minimum absolute atomic E-state index is 0.0509. The van der Waals surface area contributed by atoms with E-state index in [-0.39, 0.29) is 28.9 Å². The largest absolute Gasteiger partial charge is 0.411 e. The number of nitrogens with zero attached hydrogens (tertiary/aromatic N) is 2. The van der Waals surface area contributed by atoms with Crippen molar-refractivity contribution in [3.8, 4) is 0 Å². The van der Waals surface area contributed by atoms with Gasteiger partial charge in [-0.25, -0.2) is 4.98 Å². The summed E-state index contributed by atoms with van der Waals surface area (Å²) >= 11 is 3.09. The predicted octanol–water partition coefficient (Wildman–Crippen LogP) is 5.12. The summed E-state index contributed by atoms with van der Waals surface area (Å²) in [5, 5.41) is 12.0. The Bertz CT molecular complexity index is 838. The summed E-state index contributed by atoms with van der Waals surface area (Å²) in [6.07, 6.45) is 1.07. The second-order valence-corrected chi connectivity index (χ2v) is 7.81. The van der Waals surface area contributed by atoms with Gasteiger partial charge in [-0.2, -0.15) is 8.78 Å². The van der Waals surface area contributed by atoms with Gasteiger partial charge in [0, 0.05) is 15.4 Å². The number of fused-ring (bicyclic) bond motifs is 1. The van der Waals surface area contributed by atoms with Gasteiger partial charge in [0.1, 0.15) is 0 Å². The molecule has 1 aromatic heterocycles. The van der Waals surface area contributed by atoms with Crippen molar-refractivity contribution in [2.75, 3.05) is 13.2 Å². The number of rotatable bonds is 7. The lowest BCUT2D eigenvalue weighted by Gasteiger charge is -2.26. The quantitative estimate of drug-likeness (QED) is 0.282. The first-order valence-corrected chi connectivity index (χ1v) is 9.67. The van der Waals surface area contributed by atoms with Gasteiger partial charge in [-0.15, -0.1) is 0 Å². The highest BCUT2D eigenvalue weighted by Crippen LogP contribution is 2.67. The first-order chi connectivity index (χ1) is 11.8. The molecule has 0 unspecified atom stereocenters. The zero-order valence-electron chi connectivity index (χ0n) is 13.4. The third kappa shape index (κ3) is 3.89. The SMILES string of the molecule is CCOP(=O)(OCC)C(F)(F)c1cc2nc(/C=N/O)ccc2cc1Br. The number of hydrogen-bond donors (Lipinski definition) is 1. The molecule has 0 aliphatic heterocycles. The van der Waals surface area contributed by atoms with Crippen LogP contribution in [0.25, 0.3) is 10.9 Å². The van der Waals surface area contributed by atoms with E-state index < -0.39 is 18.8 Å². The summed E-state index contributed by atoms with van der Waals surface area (Å²) in [6.45, 7) is 2.54. The van der Waals surface area contributed by atoms with Crippen molar-refractivity contribution in [3.05, 3.63) is 40.0 Å². The maximum absolute atomic E-state index is 15.0. The Kier molecular flexibility index (Phi) is 6.26. The van der Waals surface area contributed by atoms with Crippen molar-refractivity contribution in [1.29, 1.82) is 0 Å². The Labute approximate surface area is 151 Å². The Hall–Kier alpha value is -1.41. The molecule has 1 heterocycles. The molecule has 0 amide bonds. The Balaban J connectivity index is 2.64. The summed E-state index contributed by atoms with van der Waals surface area (Å²) in [5.41, 5.74) is -3.94. The summed E-state index contributed by atoms with van der Waals surface area (Å²) in [6, 6.07) is 5.75. The second-order valence-electron chi connectivity index (χ2n) is 4.88. The van der Waals surface area contributed by atoms with Gasteiger partial charge in [0.2, 0.25) is 0 Å². The van der Waals surface area contributed by atoms with E-state index in [1.807, 2.05) is 0 Å². The molecule has 136 valence electrons. The maximum Gasteiger partial charge on any atom is 0.404 e. The molecular formula is C15H16BrF2N2O4P. The highest BCUT2D eigenvalue weighted by Gasteiger charge is 2.55. The molecule has 0 radical (unpaired) electrons. The van der Waals surface area contributed by atoms with Crippen LogP contribution >= 0.6 is 23.5 Å². The lowest BCUT2D eigenvalue weighted by Crippen LogP contribution is -2.19. The van der Waals surface area contributed by atoms with Gasteiger partial charge in [-0.3, -0.25) is 4.57 Å². The molecule has 0 bridgehead atoms. The molecule has 0 saturated heterocycles. The Morgan fingerprint density at radius 1 is 1.32 bits per heavy atom. The number of oxime groups is 1. The van der Waals surface area contributed by atoms with E-state index in [1.54, 1.807) is 12.1 Å². The maximum atomic E-state index is 15.0. The number of alkyl halides is 2. The molecule has 1 N–H and O–H groups in total. The lowest BCUT2D eigenvalue weighted by molar-refractivity contribution is 0.0355. The molecular weight excluding hydrogens is 421 g/mol. The fraction of sp³-hybridized carbons (Fsp3) is 0.333. The van der Waals surface area contributed by atoms with Crippen LogP contribution in [0.3, 0.4) is 0 Å². The standard InChI is InChI=1S/C15H16BrF2N2O4P/c1-3-23-25(22,24-4-2)15(17,18)12-8-14-10(7-13(12)16)5-6-11(20-14)9-19-21/h5-9,21H,3-4H2,1-2H3/b19-9+. The van der Waals surface area contributed by atoms with E-state index in [2.05, 4.69) is 26.1 Å². The number of halogens is 3. The van der Waals surface area contributed by atoms with Crippen LogP contribution < -0.4 is 0 Å². The average molecular weight is 437 g/mol. The topological polar surface area (TPSA) is 81.0 Å². The molecule has 0 aliphatic rings. The molecule has 10 heteroatoms. The zero-order chi connectivity index (χ0) is 18.7. The second kappa shape index (κ2) is 7.86. The summed E-state index contributed by atoms with van der Waals surface area (Å²) in [7, 11) is -4.73. The van der Waals surface area contributed by atoms with Gasteiger partial charge in [-0.05, 0) is 32.0 Å². The van der Waals surface area contributed by atoms with Gasteiger partial charge in [-0.1, -0.05) is 27.2 Å². The van der Waals surface area contributed by atoms with Crippen LogP contribution in [0, 0.1) is 0 Å². The summed E-state index contributed by atoms with van der Waals surface area (Å²) < 4.78 is 52.2. The number of benzene rings is 1. The highest BCUT2D eigenvalue weighted by atomic mass is 79.9. The monoisotopic (exact) mass is 436 g/mol. The van der Waals surface area contributed by atoms with E-state index >= 15 is 0 Å². The lowest BCUT2D eigenvalue weighted by atomic mass is 10.1. The average Bonchev–Trinajstić information content (AvgIpc) is 2.55. The Morgan fingerprint density at radius 2 is 1.96 bits per heavy atom. The molecule has 0 fully saturated rings. The van der Waals surface area contributed by atoms with Crippen LogP contribution in [0.1, 0.15) is 25.1 Å². The number of hydrogen-bond acceptors (Lipinski definition) is 6. The van der Waals surface area contributed by atoms with E-state index in [4.69, 9.17) is 14.3 Å². The van der Waals surface area contributed by atoms with Crippen molar-refractivity contribution >= 4 is 40.6 Å². The summed E-state index contributed by atoms with van der Waals surface area (Å²) in [5.74, 6) is 0. The molecule has 1 aromatic carbocycles. The highest BCUT2D eigenvalue weighted by molar-refractivity contribution is 9.10. The van der Waals surface area contributed by atoms with E-state index in [1.165, 1.54) is 19.9 Å². The number of pyridine rings is 1.